The van der Waals surface area contributed by atoms with Crippen LogP contribution in [0.3, 0.4) is 0 Å². The lowest BCUT2D eigenvalue weighted by molar-refractivity contribution is -0.134. The summed E-state index contributed by atoms with van der Waals surface area (Å²) >= 11 is 0. The Kier molecular flexibility index (Phi) is 10.2. The maximum Gasteiger partial charge on any atom is 0.416 e. The van der Waals surface area contributed by atoms with Gasteiger partial charge in [0.15, 0.2) is 5.96 Å². The number of amides is 3. The number of carbonyl (C=O) groups is 3. The van der Waals surface area contributed by atoms with Crippen LogP contribution in [0, 0.1) is 11.3 Å². The summed E-state index contributed by atoms with van der Waals surface area (Å²) in [6, 6.07) is 17.6. The van der Waals surface area contributed by atoms with Crippen LogP contribution < -0.4 is 11.1 Å². The highest BCUT2D eigenvalue weighted by molar-refractivity contribution is 6.08. The highest BCUT2D eigenvalue weighted by Crippen LogP contribution is 2.35. The van der Waals surface area contributed by atoms with E-state index in [0.29, 0.717) is 32.1 Å². The van der Waals surface area contributed by atoms with Gasteiger partial charge in [0, 0.05) is 12.6 Å². The molecule has 1 heterocycles. The molecule has 1 saturated heterocycles. The number of ether oxygens (including phenoxy) is 1. The van der Waals surface area contributed by atoms with Crippen LogP contribution in [-0.4, -0.2) is 59.4 Å². The average Bonchev–Trinajstić information content (AvgIpc) is 3.17. The van der Waals surface area contributed by atoms with Crippen molar-refractivity contribution in [3.63, 3.8) is 0 Å². The minimum absolute atomic E-state index is 0.0586. The van der Waals surface area contributed by atoms with Gasteiger partial charge in [-0.3, -0.25) is 19.9 Å². The first kappa shape index (κ1) is 29.8. The molecule has 2 aromatic carbocycles. The zero-order valence-corrected chi connectivity index (χ0v) is 23.4. The second-order valence-corrected chi connectivity index (χ2v) is 10.5. The molecule has 1 fully saturated rings. The van der Waals surface area contributed by atoms with Crippen molar-refractivity contribution in [1.29, 1.82) is 5.41 Å². The molecule has 4 N–H and O–H groups in total. The van der Waals surface area contributed by atoms with Crippen LogP contribution in [0.2, 0.25) is 0 Å². The van der Waals surface area contributed by atoms with Gasteiger partial charge in [0.2, 0.25) is 5.91 Å². The number of imide groups is 1. The molecule has 0 spiro atoms. The van der Waals surface area contributed by atoms with Gasteiger partial charge in [-0.05, 0) is 49.1 Å². The number of carbonyl (C=O) groups excluding carboxylic acids is 3. The van der Waals surface area contributed by atoms with Gasteiger partial charge in [-0.1, -0.05) is 81.4 Å². The quantitative estimate of drug-likeness (QED) is 0.377. The van der Waals surface area contributed by atoms with Crippen LogP contribution in [0.1, 0.15) is 57.6 Å². The lowest BCUT2D eigenvalue weighted by Gasteiger charge is -2.31. The summed E-state index contributed by atoms with van der Waals surface area (Å²) in [5.74, 6) is -0.377. The maximum atomic E-state index is 13.7. The number of guanidine groups is 1. The highest BCUT2D eigenvalue weighted by atomic mass is 16.5. The van der Waals surface area contributed by atoms with E-state index in [-0.39, 0.29) is 24.3 Å². The molecule has 0 bridgehead atoms. The Morgan fingerprint density at radius 1 is 1.10 bits per heavy atom. The van der Waals surface area contributed by atoms with Gasteiger partial charge in [-0.25, -0.2) is 9.69 Å². The van der Waals surface area contributed by atoms with Crippen molar-refractivity contribution >= 4 is 23.9 Å². The molecular weight excluding hydrogens is 494 g/mol. The van der Waals surface area contributed by atoms with Crippen LogP contribution in [-0.2, 0) is 26.3 Å². The second kappa shape index (κ2) is 13.4. The number of rotatable bonds is 12. The zero-order valence-electron chi connectivity index (χ0n) is 23.4. The van der Waals surface area contributed by atoms with Crippen LogP contribution in [0.4, 0.5) is 4.79 Å². The average molecular weight is 536 g/mol. The van der Waals surface area contributed by atoms with Crippen molar-refractivity contribution in [2.24, 2.45) is 11.7 Å². The third-order valence-electron chi connectivity index (χ3n) is 7.17. The summed E-state index contributed by atoms with van der Waals surface area (Å²) in [6.07, 6.45) is 1.53. The largest absolute Gasteiger partial charge is 0.452 e. The molecule has 39 heavy (non-hydrogen) atoms. The number of methoxy groups -OCH3 is 1. The van der Waals surface area contributed by atoms with Gasteiger partial charge >= 0.3 is 6.09 Å². The fourth-order valence-electron chi connectivity index (χ4n) is 5.31. The van der Waals surface area contributed by atoms with E-state index in [1.165, 1.54) is 12.0 Å². The Morgan fingerprint density at radius 2 is 1.72 bits per heavy atom. The van der Waals surface area contributed by atoms with Gasteiger partial charge in [0.1, 0.15) is 5.54 Å². The molecule has 3 rings (SSSR count). The van der Waals surface area contributed by atoms with E-state index in [1.54, 1.807) is 0 Å². The Bertz CT molecular complexity index is 1140. The normalized spacial score (nSPS) is 18.6. The molecule has 2 unspecified atom stereocenters. The molecule has 9 nitrogen and oxygen atoms in total. The summed E-state index contributed by atoms with van der Waals surface area (Å²) in [5.41, 5.74) is 6.98. The maximum absolute atomic E-state index is 13.7. The van der Waals surface area contributed by atoms with Gasteiger partial charge in [0.05, 0.1) is 13.2 Å². The molecule has 1 aliphatic heterocycles. The Balaban J connectivity index is 1.71. The van der Waals surface area contributed by atoms with E-state index in [4.69, 9.17) is 15.9 Å². The molecule has 9 heteroatoms. The van der Waals surface area contributed by atoms with Crippen LogP contribution in [0.5, 0.6) is 0 Å². The van der Waals surface area contributed by atoms with Gasteiger partial charge < -0.3 is 15.8 Å². The lowest BCUT2D eigenvalue weighted by atomic mass is 9.82. The summed E-state index contributed by atoms with van der Waals surface area (Å²) < 4.78 is 4.95. The van der Waals surface area contributed by atoms with Crippen molar-refractivity contribution in [3.8, 4) is 0 Å². The standard InChI is InChI=1S/C30H41N5O4/c1-5-24(35(29(38)39-4)26(36)25(31)19-22-13-8-6-9-14-22)17-12-18-34-27(37)30(20-21(2)3,33-28(34)32)23-15-10-7-11-16-23/h6-11,13-16,21,24-25H,5,12,17-20,31H2,1-4H3,(H2,32,33)/t24?,25-,30?/m0/s1. The molecule has 0 radical (unpaired) electrons. The summed E-state index contributed by atoms with van der Waals surface area (Å²) in [5, 5.41) is 11.7. The van der Waals surface area contributed by atoms with Gasteiger partial charge in [-0.2, -0.15) is 0 Å². The molecule has 0 aromatic heterocycles. The second-order valence-electron chi connectivity index (χ2n) is 10.5. The predicted octanol–water partition coefficient (Wildman–Crippen LogP) is 4.02. The van der Waals surface area contributed by atoms with Crippen molar-refractivity contribution in [2.45, 2.75) is 70.5 Å². The van der Waals surface area contributed by atoms with Crippen molar-refractivity contribution in [3.05, 3.63) is 71.8 Å². The molecular formula is C30H41N5O4. The van der Waals surface area contributed by atoms with Crippen LogP contribution in [0.15, 0.2) is 60.7 Å². The molecule has 0 aliphatic carbocycles. The van der Waals surface area contributed by atoms with Gasteiger partial charge in [-0.15, -0.1) is 0 Å². The molecule has 1 aliphatic rings. The molecule has 0 saturated carbocycles. The number of nitrogens with one attached hydrogen (secondary N) is 2. The number of nitrogens with zero attached hydrogens (tertiary/aromatic N) is 2. The molecule has 3 amide bonds. The third-order valence-corrected chi connectivity index (χ3v) is 7.17. The fraction of sp³-hybridized carbons (Fsp3) is 0.467. The number of nitrogens with two attached hydrogens (primary N) is 1. The lowest BCUT2D eigenvalue weighted by Crippen LogP contribution is -2.52. The first-order chi connectivity index (χ1) is 18.6. The first-order valence-corrected chi connectivity index (χ1v) is 13.6. The topological polar surface area (TPSA) is 129 Å². The zero-order chi connectivity index (χ0) is 28.6. The molecule has 3 atom stereocenters. The van der Waals surface area contributed by atoms with Crippen molar-refractivity contribution in [1.82, 2.24) is 15.1 Å². The predicted molar refractivity (Wildman–Crippen MR) is 151 cm³/mol. The Hall–Kier alpha value is -3.72. The number of hydrogen-bond acceptors (Lipinski definition) is 6. The van der Waals surface area contributed by atoms with Crippen LogP contribution in [0.25, 0.3) is 0 Å². The van der Waals surface area contributed by atoms with E-state index in [1.807, 2.05) is 67.6 Å². The summed E-state index contributed by atoms with van der Waals surface area (Å²) in [7, 11) is 1.24. The number of benzene rings is 2. The van der Waals surface area contributed by atoms with E-state index < -0.39 is 29.6 Å². The van der Waals surface area contributed by atoms with E-state index in [9.17, 15) is 14.4 Å². The Labute approximate surface area is 231 Å². The first-order valence-electron chi connectivity index (χ1n) is 13.6. The van der Waals surface area contributed by atoms with E-state index >= 15 is 0 Å². The minimum atomic E-state index is -0.991. The monoisotopic (exact) mass is 535 g/mol. The minimum Gasteiger partial charge on any atom is -0.452 e. The van der Waals surface area contributed by atoms with E-state index in [2.05, 4.69) is 19.2 Å². The molecule has 210 valence electrons. The number of hydrogen-bond donors (Lipinski definition) is 3. The Morgan fingerprint density at radius 3 is 2.28 bits per heavy atom. The van der Waals surface area contributed by atoms with Crippen LogP contribution >= 0.6 is 0 Å². The smallest absolute Gasteiger partial charge is 0.416 e. The SMILES string of the molecule is CCC(CCCN1C(=N)NC(CC(C)C)(c2ccccc2)C1=O)N(C(=O)OC)C(=O)[C@@H](N)Cc1ccccc1. The summed E-state index contributed by atoms with van der Waals surface area (Å²) in [6.45, 7) is 6.29. The van der Waals surface area contributed by atoms with Crippen molar-refractivity contribution < 1.29 is 19.1 Å². The highest BCUT2D eigenvalue weighted by Gasteiger charge is 2.50. The van der Waals surface area contributed by atoms with E-state index in [0.717, 1.165) is 16.0 Å². The fourth-order valence-corrected chi connectivity index (χ4v) is 5.31. The summed E-state index contributed by atoms with van der Waals surface area (Å²) in [4.78, 5) is 42.3. The van der Waals surface area contributed by atoms with Crippen molar-refractivity contribution in [2.75, 3.05) is 13.7 Å². The third kappa shape index (κ3) is 6.84. The molecule has 2 aromatic rings. The van der Waals surface area contributed by atoms with Gasteiger partial charge in [0.25, 0.3) is 5.91 Å².